The van der Waals surface area contributed by atoms with E-state index in [4.69, 9.17) is 5.11 Å². The van der Waals surface area contributed by atoms with Crippen LogP contribution in [-0.2, 0) is 9.59 Å². The topological polar surface area (TPSA) is 122 Å². The minimum atomic E-state index is -1.18. The molecule has 0 atom stereocenters. The second-order valence-electron chi connectivity index (χ2n) is 4.92. The van der Waals surface area contributed by atoms with Crippen LogP contribution in [0, 0.1) is 10.1 Å². The number of carbonyl (C=O) groups excluding carboxylic acids is 1. The Morgan fingerprint density at radius 1 is 1.33 bits per heavy atom. The standard InChI is InChI=1S/C13H15N3O5/c17-11(15-13(12(18)19)6-3-7-13)8-14-9-4-1-2-5-10(9)16(20)21/h1-2,4-5,14H,3,6-8H2,(H,15,17)(H,18,19). The van der Waals surface area contributed by atoms with Gasteiger partial charge in [0.15, 0.2) is 0 Å². The summed E-state index contributed by atoms with van der Waals surface area (Å²) in [6.07, 6.45) is 1.56. The summed E-state index contributed by atoms with van der Waals surface area (Å²) in [6.45, 7) is -0.222. The van der Waals surface area contributed by atoms with E-state index >= 15 is 0 Å². The van der Waals surface area contributed by atoms with Crippen LogP contribution in [0.1, 0.15) is 19.3 Å². The van der Waals surface area contributed by atoms with Gasteiger partial charge in [-0.3, -0.25) is 14.9 Å². The van der Waals surface area contributed by atoms with Crippen LogP contribution in [0.4, 0.5) is 11.4 Å². The second kappa shape index (κ2) is 5.78. The van der Waals surface area contributed by atoms with Crippen LogP contribution in [0.2, 0.25) is 0 Å². The summed E-state index contributed by atoms with van der Waals surface area (Å²) in [5.74, 6) is -1.55. The smallest absolute Gasteiger partial charge is 0.329 e. The summed E-state index contributed by atoms with van der Waals surface area (Å²) in [5, 5.41) is 25.1. The van der Waals surface area contributed by atoms with Gasteiger partial charge in [0.2, 0.25) is 5.91 Å². The molecule has 0 radical (unpaired) electrons. The summed E-state index contributed by atoms with van der Waals surface area (Å²) in [5.41, 5.74) is -1.10. The molecule has 1 fully saturated rings. The maximum atomic E-state index is 11.8. The quantitative estimate of drug-likeness (QED) is 0.534. The Labute approximate surface area is 120 Å². The lowest BCUT2D eigenvalue weighted by molar-refractivity contribution is -0.383. The summed E-state index contributed by atoms with van der Waals surface area (Å²) < 4.78 is 0. The summed E-state index contributed by atoms with van der Waals surface area (Å²) >= 11 is 0. The van der Waals surface area contributed by atoms with E-state index in [1.807, 2.05) is 0 Å². The molecule has 1 aliphatic carbocycles. The van der Waals surface area contributed by atoms with Crippen molar-refractivity contribution in [2.24, 2.45) is 0 Å². The van der Waals surface area contributed by atoms with Crippen LogP contribution in [0.5, 0.6) is 0 Å². The first-order valence-electron chi connectivity index (χ1n) is 6.46. The number of nitrogens with zero attached hydrogens (tertiary/aromatic N) is 1. The van der Waals surface area contributed by atoms with Crippen LogP contribution in [0.15, 0.2) is 24.3 Å². The second-order valence-corrected chi connectivity index (χ2v) is 4.92. The van der Waals surface area contributed by atoms with E-state index in [2.05, 4.69) is 10.6 Å². The largest absolute Gasteiger partial charge is 0.480 e. The molecule has 8 nitrogen and oxygen atoms in total. The lowest BCUT2D eigenvalue weighted by Crippen LogP contribution is -2.60. The summed E-state index contributed by atoms with van der Waals surface area (Å²) in [4.78, 5) is 33.2. The van der Waals surface area contributed by atoms with Crippen molar-refractivity contribution in [3.8, 4) is 0 Å². The molecule has 112 valence electrons. The van der Waals surface area contributed by atoms with Gasteiger partial charge < -0.3 is 15.7 Å². The van der Waals surface area contributed by atoms with Crippen molar-refractivity contribution in [3.63, 3.8) is 0 Å². The zero-order chi connectivity index (χ0) is 15.5. The molecule has 0 aromatic heterocycles. The van der Waals surface area contributed by atoms with Crippen LogP contribution >= 0.6 is 0 Å². The molecule has 0 spiro atoms. The monoisotopic (exact) mass is 293 g/mol. The van der Waals surface area contributed by atoms with E-state index in [1.54, 1.807) is 6.07 Å². The zero-order valence-electron chi connectivity index (χ0n) is 11.2. The number of rotatable bonds is 6. The van der Waals surface area contributed by atoms with Gasteiger partial charge in [-0.15, -0.1) is 0 Å². The average molecular weight is 293 g/mol. The fraction of sp³-hybridized carbons (Fsp3) is 0.385. The minimum absolute atomic E-state index is 0.137. The van der Waals surface area contributed by atoms with E-state index in [-0.39, 0.29) is 17.9 Å². The molecule has 0 aliphatic heterocycles. The third-order valence-electron chi connectivity index (χ3n) is 3.54. The Morgan fingerprint density at radius 2 is 2.00 bits per heavy atom. The van der Waals surface area contributed by atoms with Crippen LogP contribution < -0.4 is 10.6 Å². The molecule has 1 aromatic rings. The molecule has 3 N–H and O–H groups in total. The SMILES string of the molecule is O=C(CNc1ccccc1[N+](=O)[O-])NC1(C(=O)O)CCC1. The van der Waals surface area contributed by atoms with Crippen LogP contribution in [0.3, 0.4) is 0 Å². The van der Waals surface area contributed by atoms with E-state index in [1.165, 1.54) is 18.2 Å². The third kappa shape index (κ3) is 3.10. The molecule has 0 bridgehead atoms. The van der Waals surface area contributed by atoms with E-state index in [0.717, 1.165) is 6.42 Å². The number of carboxylic acids is 1. The molecule has 1 aromatic carbocycles. The number of anilines is 1. The number of nitrogens with one attached hydrogen (secondary N) is 2. The molecule has 1 aliphatic rings. The number of hydrogen-bond donors (Lipinski definition) is 3. The van der Waals surface area contributed by atoms with Gasteiger partial charge in [0.25, 0.3) is 5.69 Å². The van der Waals surface area contributed by atoms with Gasteiger partial charge in [0.1, 0.15) is 11.2 Å². The van der Waals surface area contributed by atoms with Crippen molar-refractivity contribution in [1.82, 2.24) is 5.32 Å². The molecule has 0 saturated heterocycles. The highest BCUT2D eigenvalue weighted by atomic mass is 16.6. The molecular formula is C13H15N3O5. The molecule has 1 amide bonds. The normalized spacial score (nSPS) is 15.6. The third-order valence-corrected chi connectivity index (χ3v) is 3.54. The fourth-order valence-corrected chi connectivity index (χ4v) is 2.19. The van der Waals surface area contributed by atoms with Gasteiger partial charge in [0.05, 0.1) is 11.5 Å². The van der Waals surface area contributed by atoms with Crippen molar-refractivity contribution < 1.29 is 19.6 Å². The van der Waals surface area contributed by atoms with E-state index in [0.29, 0.717) is 12.8 Å². The van der Waals surface area contributed by atoms with Crippen molar-refractivity contribution in [2.75, 3.05) is 11.9 Å². The number of hydrogen-bond acceptors (Lipinski definition) is 5. The Kier molecular flexibility index (Phi) is 4.06. The molecule has 2 rings (SSSR count). The predicted molar refractivity (Wildman–Crippen MR) is 73.9 cm³/mol. The molecule has 21 heavy (non-hydrogen) atoms. The number of aliphatic carboxylic acids is 1. The molecular weight excluding hydrogens is 278 g/mol. The Bertz CT molecular complexity index is 583. The van der Waals surface area contributed by atoms with E-state index < -0.39 is 22.3 Å². The number of para-hydroxylation sites is 2. The summed E-state index contributed by atoms with van der Waals surface area (Å²) in [6, 6.07) is 5.95. The number of carboxylic acid groups (broad SMARTS) is 1. The molecule has 8 heteroatoms. The number of nitro groups is 1. The number of carbonyl (C=O) groups is 2. The predicted octanol–water partition coefficient (Wildman–Crippen LogP) is 1.13. The Balaban J connectivity index is 1.96. The van der Waals surface area contributed by atoms with E-state index in [9.17, 15) is 19.7 Å². The highest BCUT2D eigenvalue weighted by Crippen LogP contribution is 2.32. The van der Waals surface area contributed by atoms with Crippen molar-refractivity contribution in [2.45, 2.75) is 24.8 Å². The lowest BCUT2D eigenvalue weighted by atomic mass is 9.77. The maximum absolute atomic E-state index is 11.8. The first-order valence-corrected chi connectivity index (χ1v) is 6.46. The fourth-order valence-electron chi connectivity index (χ4n) is 2.19. The van der Waals surface area contributed by atoms with Crippen LogP contribution in [-0.4, -0.2) is 34.0 Å². The number of amides is 1. The Morgan fingerprint density at radius 3 is 2.52 bits per heavy atom. The molecule has 1 saturated carbocycles. The first kappa shape index (κ1) is 14.8. The van der Waals surface area contributed by atoms with Gasteiger partial charge in [-0.2, -0.15) is 0 Å². The lowest BCUT2D eigenvalue weighted by Gasteiger charge is -2.38. The van der Waals surface area contributed by atoms with Crippen molar-refractivity contribution in [3.05, 3.63) is 34.4 Å². The molecule has 0 unspecified atom stereocenters. The van der Waals surface area contributed by atoms with Crippen molar-refractivity contribution >= 4 is 23.3 Å². The van der Waals surface area contributed by atoms with Gasteiger partial charge in [-0.1, -0.05) is 12.1 Å². The van der Waals surface area contributed by atoms with Gasteiger partial charge in [-0.05, 0) is 25.3 Å². The number of nitro benzene ring substituents is 1. The van der Waals surface area contributed by atoms with Gasteiger partial charge in [-0.25, -0.2) is 4.79 Å². The number of benzene rings is 1. The van der Waals surface area contributed by atoms with Gasteiger partial charge in [0, 0.05) is 6.07 Å². The molecule has 0 heterocycles. The highest BCUT2D eigenvalue weighted by molar-refractivity contribution is 5.89. The minimum Gasteiger partial charge on any atom is -0.480 e. The van der Waals surface area contributed by atoms with Gasteiger partial charge >= 0.3 is 5.97 Å². The zero-order valence-corrected chi connectivity index (χ0v) is 11.2. The highest BCUT2D eigenvalue weighted by Gasteiger charge is 2.45. The maximum Gasteiger partial charge on any atom is 0.329 e. The van der Waals surface area contributed by atoms with Crippen LogP contribution in [0.25, 0.3) is 0 Å². The first-order chi connectivity index (χ1) is 9.94. The summed E-state index contributed by atoms with van der Waals surface area (Å²) in [7, 11) is 0. The average Bonchev–Trinajstić information content (AvgIpc) is 2.40. The van der Waals surface area contributed by atoms with Crippen molar-refractivity contribution in [1.29, 1.82) is 0 Å². The Hall–Kier alpha value is -2.64.